The first-order chi connectivity index (χ1) is 11.0. The van der Waals surface area contributed by atoms with E-state index in [9.17, 15) is 4.79 Å². The fourth-order valence-electron chi connectivity index (χ4n) is 3.32. The molecule has 5 nitrogen and oxygen atoms in total. The van der Waals surface area contributed by atoms with Gasteiger partial charge in [-0.2, -0.15) is 0 Å². The lowest BCUT2D eigenvalue weighted by atomic mass is 10.0. The topological polar surface area (TPSA) is 50.2 Å². The highest BCUT2D eigenvalue weighted by Gasteiger charge is 2.23. The first-order valence-corrected chi connectivity index (χ1v) is 8.43. The smallest absolute Gasteiger partial charge is 0.251 e. The molecule has 1 fully saturated rings. The van der Waals surface area contributed by atoms with Gasteiger partial charge in [-0.05, 0) is 58.4 Å². The van der Waals surface area contributed by atoms with Crippen molar-refractivity contribution in [3.05, 3.63) is 29.6 Å². The van der Waals surface area contributed by atoms with Crippen molar-refractivity contribution in [1.82, 2.24) is 19.8 Å². The number of nitrogens with one attached hydrogen (secondary N) is 1. The zero-order valence-electron chi connectivity index (χ0n) is 14.5. The molecule has 1 aliphatic rings. The molecular formula is C18H26N4O. The van der Waals surface area contributed by atoms with Crippen LogP contribution in [0.5, 0.6) is 0 Å². The molecule has 2 heterocycles. The Hall–Kier alpha value is -1.88. The normalized spacial score (nSPS) is 19.4. The molecular weight excluding hydrogens is 288 g/mol. The van der Waals surface area contributed by atoms with Crippen molar-refractivity contribution in [1.29, 1.82) is 0 Å². The van der Waals surface area contributed by atoms with Gasteiger partial charge in [0.2, 0.25) is 0 Å². The number of imidazole rings is 1. The average Bonchev–Trinajstić information content (AvgIpc) is 2.81. The lowest BCUT2D eigenvalue weighted by molar-refractivity contribution is 0.0886. The lowest BCUT2D eigenvalue weighted by Gasteiger charge is -2.35. The van der Waals surface area contributed by atoms with Crippen LogP contribution in [0.4, 0.5) is 0 Å². The van der Waals surface area contributed by atoms with E-state index in [0.29, 0.717) is 11.6 Å². The van der Waals surface area contributed by atoms with Gasteiger partial charge in [-0.25, -0.2) is 4.98 Å². The van der Waals surface area contributed by atoms with Crippen LogP contribution in [-0.2, 0) is 7.05 Å². The Morgan fingerprint density at radius 2 is 2.17 bits per heavy atom. The summed E-state index contributed by atoms with van der Waals surface area (Å²) in [4.78, 5) is 19.5. The van der Waals surface area contributed by atoms with Gasteiger partial charge in [0.05, 0.1) is 11.0 Å². The molecule has 23 heavy (non-hydrogen) atoms. The fraction of sp³-hybridized carbons (Fsp3) is 0.556. The number of hydrogen-bond acceptors (Lipinski definition) is 3. The predicted octanol–water partition coefficient (Wildman–Crippen LogP) is 2.48. The Bertz CT molecular complexity index is 719. The van der Waals surface area contributed by atoms with E-state index in [0.717, 1.165) is 42.8 Å². The van der Waals surface area contributed by atoms with Crippen LogP contribution >= 0.6 is 0 Å². The van der Waals surface area contributed by atoms with Gasteiger partial charge in [0.15, 0.2) is 0 Å². The fourth-order valence-corrected chi connectivity index (χ4v) is 3.32. The maximum absolute atomic E-state index is 12.6. The molecule has 0 unspecified atom stereocenters. The Kier molecular flexibility index (Phi) is 4.39. The molecule has 1 amide bonds. The summed E-state index contributed by atoms with van der Waals surface area (Å²) in [6.07, 6.45) is 2.20. The quantitative estimate of drug-likeness (QED) is 0.947. The molecule has 1 N–H and O–H groups in total. The van der Waals surface area contributed by atoms with E-state index >= 15 is 0 Å². The zero-order chi connectivity index (χ0) is 16.6. The molecule has 2 aromatic rings. The van der Waals surface area contributed by atoms with Gasteiger partial charge in [-0.3, -0.25) is 9.69 Å². The first kappa shape index (κ1) is 16.0. The second kappa shape index (κ2) is 6.32. The second-order valence-electron chi connectivity index (χ2n) is 6.82. The SMILES string of the molecule is Cc1nc2cc(C(=O)N[C@@H]3CCCN(C(C)C)C3)ccc2n1C. The summed E-state index contributed by atoms with van der Waals surface area (Å²) in [5.74, 6) is 0.961. The van der Waals surface area contributed by atoms with Crippen molar-refractivity contribution >= 4 is 16.9 Å². The zero-order valence-corrected chi connectivity index (χ0v) is 14.5. The van der Waals surface area contributed by atoms with Crippen LogP contribution < -0.4 is 5.32 Å². The minimum Gasteiger partial charge on any atom is -0.348 e. The van der Waals surface area contributed by atoms with E-state index in [4.69, 9.17) is 0 Å². The number of piperidine rings is 1. The number of benzene rings is 1. The summed E-state index contributed by atoms with van der Waals surface area (Å²) in [6.45, 7) is 8.46. The third kappa shape index (κ3) is 3.24. The molecule has 1 atom stereocenters. The second-order valence-corrected chi connectivity index (χ2v) is 6.82. The number of nitrogens with zero attached hydrogens (tertiary/aromatic N) is 3. The number of carbonyl (C=O) groups is 1. The molecule has 124 valence electrons. The van der Waals surface area contributed by atoms with E-state index in [1.54, 1.807) is 0 Å². The Balaban J connectivity index is 1.73. The van der Waals surface area contributed by atoms with Crippen LogP contribution in [0.1, 0.15) is 42.9 Å². The van der Waals surface area contributed by atoms with E-state index in [1.807, 2.05) is 36.7 Å². The van der Waals surface area contributed by atoms with Gasteiger partial charge >= 0.3 is 0 Å². The van der Waals surface area contributed by atoms with Crippen LogP contribution in [0.25, 0.3) is 11.0 Å². The molecule has 5 heteroatoms. The van der Waals surface area contributed by atoms with E-state index in [2.05, 4.69) is 29.0 Å². The number of likely N-dealkylation sites (tertiary alicyclic amines) is 1. The molecule has 3 rings (SSSR count). The summed E-state index contributed by atoms with van der Waals surface area (Å²) >= 11 is 0. The maximum Gasteiger partial charge on any atom is 0.251 e. The highest BCUT2D eigenvalue weighted by Crippen LogP contribution is 2.17. The molecule has 0 saturated carbocycles. The molecule has 1 aromatic carbocycles. The summed E-state index contributed by atoms with van der Waals surface area (Å²) in [6, 6.07) is 6.52. The summed E-state index contributed by atoms with van der Waals surface area (Å²) < 4.78 is 2.04. The average molecular weight is 314 g/mol. The van der Waals surface area contributed by atoms with Crippen LogP contribution in [-0.4, -0.2) is 45.5 Å². The summed E-state index contributed by atoms with van der Waals surface area (Å²) in [5, 5.41) is 3.19. The Morgan fingerprint density at radius 1 is 1.39 bits per heavy atom. The summed E-state index contributed by atoms with van der Waals surface area (Å²) in [7, 11) is 1.99. The highest BCUT2D eigenvalue weighted by atomic mass is 16.1. The van der Waals surface area contributed by atoms with Crippen molar-refractivity contribution < 1.29 is 4.79 Å². The van der Waals surface area contributed by atoms with Gasteiger partial charge in [0.25, 0.3) is 5.91 Å². The third-order valence-electron chi connectivity index (χ3n) is 4.88. The first-order valence-electron chi connectivity index (χ1n) is 8.43. The van der Waals surface area contributed by atoms with Crippen molar-refractivity contribution in [2.24, 2.45) is 7.05 Å². The number of amides is 1. The number of rotatable bonds is 3. The third-order valence-corrected chi connectivity index (χ3v) is 4.88. The molecule has 1 saturated heterocycles. The number of hydrogen-bond donors (Lipinski definition) is 1. The lowest BCUT2D eigenvalue weighted by Crippen LogP contribution is -2.49. The van der Waals surface area contributed by atoms with E-state index in [1.165, 1.54) is 0 Å². The van der Waals surface area contributed by atoms with Gasteiger partial charge in [0.1, 0.15) is 5.82 Å². The van der Waals surface area contributed by atoms with Crippen molar-refractivity contribution in [3.63, 3.8) is 0 Å². The number of carbonyl (C=O) groups excluding carboxylic acids is 1. The van der Waals surface area contributed by atoms with Crippen molar-refractivity contribution in [2.45, 2.75) is 45.7 Å². The van der Waals surface area contributed by atoms with Crippen LogP contribution in [0, 0.1) is 6.92 Å². The largest absolute Gasteiger partial charge is 0.348 e. The van der Waals surface area contributed by atoms with E-state index in [-0.39, 0.29) is 11.9 Å². The molecule has 0 spiro atoms. The predicted molar refractivity (Wildman–Crippen MR) is 92.6 cm³/mol. The minimum absolute atomic E-state index is 0.00538. The molecule has 0 aliphatic carbocycles. The van der Waals surface area contributed by atoms with Crippen molar-refractivity contribution in [3.8, 4) is 0 Å². The Labute approximate surface area is 137 Å². The number of fused-ring (bicyclic) bond motifs is 1. The Morgan fingerprint density at radius 3 is 2.91 bits per heavy atom. The van der Waals surface area contributed by atoms with Crippen LogP contribution in [0.2, 0.25) is 0 Å². The number of aryl methyl sites for hydroxylation is 2. The van der Waals surface area contributed by atoms with Crippen LogP contribution in [0.3, 0.4) is 0 Å². The molecule has 1 aliphatic heterocycles. The van der Waals surface area contributed by atoms with Crippen LogP contribution in [0.15, 0.2) is 18.2 Å². The van der Waals surface area contributed by atoms with E-state index < -0.39 is 0 Å². The maximum atomic E-state index is 12.6. The number of aromatic nitrogens is 2. The van der Waals surface area contributed by atoms with Crippen molar-refractivity contribution in [2.75, 3.05) is 13.1 Å². The van der Waals surface area contributed by atoms with Gasteiger partial charge in [0, 0.05) is 31.2 Å². The monoisotopic (exact) mass is 314 g/mol. The molecule has 0 radical (unpaired) electrons. The standard InChI is InChI=1S/C18H26N4O/c1-12(2)22-9-5-6-15(11-22)20-18(23)14-7-8-17-16(10-14)19-13(3)21(17)4/h7-8,10,12,15H,5-6,9,11H2,1-4H3,(H,20,23)/t15-/m1/s1. The highest BCUT2D eigenvalue weighted by molar-refractivity contribution is 5.97. The molecule has 0 bridgehead atoms. The van der Waals surface area contributed by atoms with Gasteiger partial charge in [-0.15, -0.1) is 0 Å². The minimum atomic E-state index is 0.00538. The van der Waals surface area contributed by atoms with Gasteiger partial charge in [-0.1, -0.05) is 0 Å². The van der Waals surface area contributed by atoms with Gasteiger partial charge < -0.3 is 9.88 Å². The molecule has 1 aromatic heterocycles. The summed E-state index contributed by atoms with van der Waals surface area (Å²) in [5.41, 5.74) is 2.63.